The van der Waals surface area contributed by atoms with Crippen molar-refractivity contribution in [3.63, 3.8) is 0 Å². The number of benzene rings is 1. The minimum Gasteiger partial charge on any atom is -0.507 e. The molecule has 0 aliphatic carbocycles. The Bertz CT molecular complexity index is 456. The lowest BCUT2D eigenvalue weighted by Gasteiger charge is -2.22. The fraction of sp³-hybridized carbons (Fsp3) is 0.533. The molecule has 0 aliphatic heterocycles. The maximum absolute atomic E-state index is 12.1. The SMILES string of the molecule is CC(C)C(=O)c1cc(C(C)(C)C)cc(CN)c1O. The number of aromatic hydroxyl groups is 1. The number of phenolic OH excluding ortho intramolecular Hbond substituents is 1. The Morgan fingerprint density at radius 1 is 1.33 bits per heavy atom. The Kier molecular flexibility index (Phi) is 4.17. The molecule has 1 rings (SSSR count). The van der Waals surface area contributed by atoms with E-state index in [1.54, 1.807) is 6.07 Å². The molecule has 3 heteroatoms. The third-order valence-corrected chi connectivity index (χ3v) is 3.06. The topological polar surface area (TPSA) is 63.3 Å². The van der Waals surface area contributed by atoms with E-state index in [4.69, 9.17) is 5.73 Å². The fourth-order valence-electron chi connectivity index (χ4n) is 1.78. The number of rotatable bonds is 3. The zero-order valence-electron chi connectivity index (χ0n) is 11.9. The summed E-state index contributed by atoms with van der Waals surface area (Å²) in [7, 11) is 0. The molecule has 3 nitrogen and oxygen atoms in total. The van der Waals surface area contributed by atoms with Crippen LogP contribution in [0.3, 0.4) is 0 Å². The van der Waals surface area contributed by atoms with Crippen molar-refractivity contribution in [2.24, 2.45) is 11.7 Å². The normalized spacial score (nSPS) is 11.9. The van der Waals surface area contributed by atoms with E-state index in [1.807, 2.05) is 19.9 Å². The van der Waals surface area contributed by atoms with Crippen LogP contribution in [0.1, 0.15) is 56.1 Å². The average molecular weight is 249 g/mol. The molecule has 1 aromatic carbocycles. The highest BCUT2D eigenvalue weighted by atomic mass is 16.3. The lowest BCUT2D eigenvalue weighted by molar-refractivity contribution is 0.0936. The van der Waals surface area contributed by atoms with Gasteiger partial charge in [-0.15, -0.1) is 0 Å². The van der Waals surface area contributed by atoms with Gasteiger partial charge >= 0.3 is 0 Å². The van der Waals surface area contributed by atoms with Crippen LogP contribution in [-0.4, -0.2) is 10.9 Å². The Hall–Kier alpha value is -1.35. The molecule has 0 amide bonds. The number of nitrogens with two attached hydrogens (primary N) is 1. The minimum atomic E-state index is -0.142. The standard InChI is InChI=1S/C15H23NO2/c1-9(2)13(17)12-7-11(15(3,4)5)6-10(8-16)14(12)18/h6-7,9,18H,8,16H2,1-5H3. The van der Waals surface area contributed by atoms with E-state index in [2.05, 4.69) is 20.8 Å². The number of hydrogen-bond donors (Lipinski definition) is 2. The van der Waals surface area contributed by atoms with Gasteiger partial charge in [-0.25, -0.2) is 0 Å². The molecule has 0 fully saturated rings. The molecule has 0 bridgehead atoms. The fourth-order valence-corrected chi connectivity index (χ4v) is 1.78. The van der Waals surface area contributed by atoms with Crippen molar-refractivity contribution < 1.29 is 9.90 Å². The number of Topliss-reactive ketones (excluding diaryl/α,β-unsaturated/α-hetero) is 1. The van der Waals surface area contributed by atoms with Crippen molar-refractivity contribution in [3.8, 4) is 5.75 Å². The van der Waals surface area contributed by atoms with Crippen molar-refractivity contribution in [1.82, 2.24) is 0 Å². The molecule has 0 aliphatic rings. The maximum Gasteiger partial charge on any atom is 0.169 e. The van der Waals surface area contributed by atoms with Gasteiger partial charge in [0.1, 0.15) is 5.75 Å². The first-order chi connectivity index (χ1) is 8.18. The van der Waals surface area contributed by atoms with Crippen LogP contribution < -0.4 is 5.73 Å². The van der Waals surface area contributed by atoms with E-state index in [9.17, 15) is 9.90 Å². The predicted molar refractivity (Wildman–Crippen MR) is 73.9 cm³/mol. The highest BCUT2D eigenvalue weighted by Crippen LogP contribution is 2.32. The average Bonchev–Trinajstić information content (AvgIpc) is 2.26. The maximum atomic E-state index is 12.1. The quantitative estimate of drug-likeness (QED) is 0.809. The van der Waals surface area contributed by atoms with Crippen LogP contribution in [0.4, 0.5) is 0 Å². The second kappa shape index (κ2) is 5.11. The van der Waals surface area contributed by atoms with Crippen molar-refractivity contribution >= 4 is 5.78 Å². The van der Waals surface area contributed by atoms with Crippen molar-refractivity contribution in [2.45, 2.75) is 46.6 Å². The lowest BCUT2D eigenvalue weighted by Crippen LogP contribution is -2.16. The predicted octanol–water partition coefficient (Wildman–Crippen LogP) is 2.99. The zero-order valence-corrected chi connectivity index (χ0v) is 11.9. The van der Waals surface area contributed by atoms with Crippen LogP contribution >= 0.6 is 0 Å². The van der Waals surface area contributed by atoms with Gasteiger partial charge in [-0.3, -0.25) is 4.79 Å². The summed E-state index contributed by atoms with van der Waals surface area (Å²) < 4.78 is 0. The molecular formula is C15H23NO2. The lowest BCUT2D eigenvalue weighted by atomic mass is 9.83. The summed E-state index contributed by atoms with van der Waals surface area (Å²) in [6, 6.07) is 3.67. The van der Waals surface area contributed by atoms with Crippen molar-refractivity contribution in [3.05, 3.63) is 28.8 Å². The van der Waals surface area contributed by atoms with Crippen LogP contribution in [0.25, 0.3) is 0 Å². The summed E-state index contributed by atoms with van der Waals surface area (Å²) in [4.78, 5) is 12.1. The third-order valence-electron chi connectivity index (χ3n) is 3.06. The summed E-state index contributed by atoms with van der Waals surface area (Å²) in [6.45, 7) is 10.1. The molecule has 0 heterocycles. The van der Waals surface area contributed by atoms with E-state index < -0.39 is 0 Å². The number of carbonyl (C=O) groups is 1. The summed E-state index contributed by atoms with van der Waals surface area (Å²) in [5.74, 6) is -0.158. The van der Waals surface area contributed by atoms with Crippen LogP contribution in [-0.2, 0) is 12.0 Å². The van der Waals surface area contributed by atoms with Gasteiger partial charge in [0.05, 0.1) is 5.56 Å². The Morgan fingerprint density at radius 2 is 1.89 bits per heavy atom. The van der Waals surface area contributed by atoms with Gasteiger partial charge in [0.15, 0.2) is 5.78 Å². The molecule has 0 spiro atoms. The Balaban J connectivity index is 3.46. The van der Waals surface area contributed by atoms with Gasteiger partial charge in [0, 0.05) is 18.0 Å². The molecule has 3 N–H and O–H groups in total. The minimum absolute atomic E-state index is 0.0317. The van der Waals surface area contributed by atoms with Gasteiger partial charge in [-0.2, -0.15) is 0 Å². The molecule has 0 unspecified atom stereocenters. The summed E-state index contributed by atoms with van der Waals surface area (Å²) in [5.41, 5.74) is 7.59. The van der Waals surface area contributed by atoms with E-state index in [-0.39, 0.29) is 29.4 Å². The largest absolute Gasteiger partial charge is 0.507 e. The highest BCUT2D eigenvalue weighted by molar-refractivity contribution is 6.00. The summed E-state index contributed by atoms with van der Waals surface area (Å²) in [5, 5.41) is 10.1. The van der Waals surface area contributed by atoms with Gasteiger partial charge in [-0.1, -0.05) is 40.7 Å². The molecule has 0 saturated carbocycles. The molecule has 0 aromatic heterocycles. The zero-order chi connectivity index (χ0) is 14.1. The first-order valence-corrected chi connectivity index (χ1v) is 6.29. The van der Waals surface area contributed by atoms with Crippen LogP contribution in [0.5, 0.6) is 5.75 Å². The van der Waals surface area contributed by atoms with Crippen molar-refractivity contribution in [1.29, 1.82) is 0 Å². The van der Waals surface area contributed by atoms with E-state index in [0.29, 0.717) is 11.1 Å². The van der Waals surface area contributed by atoms with Crippen LogP contribution in [0, 0.1) is 5.92 Å². The van der Waals surface area contributed by atoms with E-state index >= 15 is 0 Å². The molecule has 100 valence electrons. The summed E-state index contributed by atoms with van der Waals surface area (Å²) >= 11 is 0. The molecule has 18 heavy (non-hydrogen) atoms. The van der Waals surface area contributed by atoms with Gasteiger partial charge in [0.2, 0.25) is 0 Å². The molecule has 0 radical (unpaired) electrons. The second-order valence-electron chi connectivity index (χ2n) is 6.00. The van der Waals surface area contributed by atoms with Crippen LogP contribution in [0.2, 0.25) is 0 Å². The van der Waals surface area contributed by atoms with Crippen LogP contribution in [0.15, 0.2) is 12.1 Å². The van der Waals surface area contributed by atoms with E-state index in [0.717, 1.165) is 5.56 Å². The third kappa shape index (κ3) is 2.91. The molecule has 0 atom stereocenters. The first-order valence-electron chi connectivity index (χ1n) is 6.29. The Labute approximate surface area is 109 Å². The number of carbonyl (C=O) groups excluding carboxylic acids is 1. The number of phenols is 1. The Morgan fingerprint density at radius 3 is 2.28 bits per heavy atom. The van der Waals surface area contributed by atoms with Gasteiger partial charge < -0.3 is 10.8 Å². The highest BCUT2D eigenvalue weighted by Gasteiger charge is 2.22. The smallest absolute Gasteiger partial charge is 0.169 e. The van der Waals surface area contributed by atoms with Gasteiger partial charge in [0.25, 0.3) is 0 Å². The molecule has 1 aromatic rings. The van der Waals surface area contributed by atoms with Crippen molar-refractivity contribution in [2.75, 3.05) is 0 Å². The summed E-state index contributed by atoms with van der Waals surface area (Å²) in [6.07, 6.45) is 0. The number of ketones is 1. The second-order valence-corrected chi connectivity index (χ2v) is 6.00. The molecule has 0 saturated heterocycles. The first kappa shape index (κ1) is 14.7. The number of hydrogen-bond acceptors (Lipinski definition) is 3. The molecular weight excluding hydrogens is 226 g/mol. The van der Waals surface area contributed by atoms with Gasteiger partial charge in [-0.05, 0) is 17.0 Å². The van der Waals surface area contributed by atoms with E-state index in [1.165, 1.54) is 0 Å². The monoisotopic (exact) mass is 249 g/mol.